The van der Waals surface area contributed by atoms with Gasteiger partial charge in [0.1, 0.15) is 0 Å². The number of benzene rings is 1. The van der Waals surface area contributed by atoms with Crippen LogP contribution >= 0.6 is 0 Å². The molecule has 2 atom stereocenters. The SMILES string of the molecule is CC1CN(S(=O)(=O)c2cccc(C(=O)N3CCN(CCC(C)(C)C)CC3)c2)CC(C)O1. The second-order valence-electron chi connectivity index (χ2n) is 10.1. The van der Waals surface area contributed by atoms with E-state index < -0.39 is 10.0 Å². The normalized spacial score (nSPS) is 24.4. The van der Waals surface area contributed by atoms with Crippen molar-refractivity contribution in [2.24, 2.45) is 5.41 Å². The van der Waals surface area contributed by atoms with E-state index in [2.05, 4.69) is 25.7 Å². The monoisotopic (exact) mass is 451 g/mol. The van der Waals surface area contributed by atoms with E-state index in [0.29, 0.717) is 37.2 Å². The first-order valence-electron chi connectivity index (χ1n) is 11.2. The summed E-state index contributed by atoms with van der Waals surface area (Å²) in [5.74, 6) is -0.101. The molecular formula is C23H37N3O4S. The van der Waals surface area contributed by atoms with Crippen molar-refractivity contribution in [3.8, 4) is 0 Å². The fourth-order valence-corrected chi connectivity index (χ4v) is 5.75. The Balaban J connectivity index is 1.66. The highest BCUT2D eigenvalue weighted by Gasteiger charge is 2.33. The van der Waals surface area contributed by atoms with Crippen LogP contribution in [0, 0.1) is 5.41 Å². The summed E-state index contributed by atoms with van der Waals surface area (Å²) in [4.78, 5) is 17.5. The van der Waals surface area contributed by atoms with Crippen LogP contribution in [-0.4, -0.2) is 86.5 Å². The Morgan fingerprint density at radius 2 is 1.68 bits per heavy atom. The first-order valence-corrected chi connectivity index (χ1v) is 12.7. The molecule has 1 aromatic rings. The second-order valence-corrected chi connectivity index (χ2v) is 12.0. The summed E-state index contributed by atoms with van der Waals surface area (Å²) in [6.07, 6.45) is 0.815. The standard InChI is InChI=1S/C23H37N3O4S/c1-18-16-26(17-19(2)30-18)31(28,29)21-8-6-7-20(15-21)22(27)25-13-11-24(12-14-25)10-9-23(3,4)5/h6-8,15,18-19H,9-14,16-17H2,1-5H3. The summed E-state index contributed by atoms with van der Waals surface area (Å²) in [7, 11) is -3.67. The van der Waals surface area contributed by atoms with Gasteiger partial charge in [-0.15, -0.1) is 0 Å². The molecule has 3 rings (SSSR count). The van der Waals surface area contributed by atoms with Crippen molar-refractivity contribution < 1.29 is 17.9 Å². The van der Waals surface area contributed by atoms with E-state index in [1.54, 1.807) is 18.2 Å². The van der Waals surface area contributed by atoms with Crippen LogP contribution in [0.2, 0.25) is 0 Å². The highest BCUT2D eigenvalue weighted by atomic mass is 32.2. The van der Waals surface area contributed by atoms with Crippen molar-refractivity contribution in [1.29, 1.82) is 0 Å². The topological polar surface area (TPSA) is 70.2 Å². The number of nitrogens with zero attached hydrogens (tertiary/aromatic N) is 3. The number of rotatable bonds is 5. The number of hydrogen-bond donors (Lipinski definition) is 0. The number of carbonyl (C=O) groups excluding carboxylic acids is 1. The molecule has 2 fully saturated rings. The van der Waals surface area contributed by atoms with Crippen molar-refractivity contribution >= 4 is 15.9 Å². The van der Waals surface area contributed by atoms with Gasteiger partial charge in [0.15, 0.2) is 0 Å². The molecule has 8 heteroatoms. The average molecular weight is 452 g/mol. The molecule has 2 unspecified atom stereocenters. The van der Waals surface area contributed by atoms with Gasteiger partial charge in [-0.3, -0.25) is 9.69 Å². The lowest BCUT2D eigenvalue weighted by Gasteiger charge is -2.36. The van der Waals surface area contributed by atoms with Gasteiger partial charge in [0, 0.05) is 44.8 Å². The second kappa shape index (κ2) is 9.57. The molecule has 2 aliphatic heterocycles. The molecular weight excluding hydrogens is 414 g/mol. The molecule has 0 saturated carbocycles. The van der Waals surface area contributed by atoms with Crippen molar-refractivity contribution in [1.82, 2.24) is 14.1 Å². The Morgan fingerprint density at radius 1 is 1.06 bits per heavy atom. The molecule has 1 aromatic carbocycles. The fourth-order valence-electron chi connectivity index (χ4n) is 4.12. The van der Waals surface area contributed by atoms with Crippen molar-refractivity contribution in [3.05, 3.63) is 29.8 Å². The van der Waals surface area contributed by atoms with Gasteiger partial charge in [-0.2, -0.15) is 4.31 Å². The van der Waals surface area contributed by atoms with Crippen LogP contribution in [-0.2, 0) is 14.8 Å². The van der Waals surface area contributed by atoms with Gasteiger partial charge in [0.25, 0.3) is 5.91 Å². The Morgan fingerprint density at radius 3 is 2.26 bits per heavy atom. The largest absolute Gasteiger partial charge is 0.373 e. The number of ether oxygens (including phenoxy) is 1. The lowest BCUT2D eigenvalue weighted by molar-refractivity contribution is -0.0440. The fraction of sp³-hybridized carbons (Fsp3) is 0.696. The maximum absolute atomic E-state index is 13.2. The number of carbonyl (C=O) groups is 1. The number of sulfonamides is 1. The average Bonchev–Trinajstić information content (AvgIpc) is 2.71. The summed E-state index contributed by atoms with van der Waals surface area (Å²) < 4.78 is 33.5. The van der Waals surface area contributed by atoms with Gasteiger partial charge in [-0.25, -0.2) is 8.42 Å². The highest BCUT2D eigenvalue weighted by molar-refractivity contribution is 7.89. The third-order valence-electron chi connectivity index (χ3n) is 5.94. The van der Waals surface area contributed by atoms with E-state index in [1.165, 1.54) is 10.4 Å². The molecule has 0 bridgehead atoms. The molecule has 1 amide bonds. The molecule has 2 heterocycles. The first-order chi connectivity index (χ1) is 14.5. The molecule has 31 heavy (non-hydrogen) atoms. The zero-order valence-corrected chi connectivity index (χ0v) is 20.3. The summed E-state index contributed by atoms with van der Waals surface area (Å²) in [6.45, 7) is 15.2. The van der Waals surface area contributed by atoms with E-state index in [-0.39, 0.29) is 23.0 Å². The van der Waals surface area contributed by atoms with Crippen molar-refractivity contribution in [2.75, 3.05) is 45.8 Å². The van der Waals surface area contributed by atoms with Gasteiger partial charge >= 0.3 is 0 Å². The van der Waals surface area contributed by atoms with Crippen LogP contribution in [0.5, 0.6) is 0 Å². The van der Waals surface area contributed by atoms with Crippen LogP contribution < -0.4 is 0 Å². The molecule has 174 valence electrons. The van der Waals surface area contributed by atoms with E-state index in [1.807, 2.05) is 18.7 Å². The van der Waals surface area contributed by atoms with Crippen molar-refractivity contribution in [2.45, 2.75) is 58.1 Å². The Labute approximate surface area is 187 Å². The summed E-state index contributed by atoms with van der Waals surface area (Å²) in [5, 5.41) is 0. The van der Waals surface area contributed by atoms with Crippen LogP contribution in [0.25, 0.3) is 0 Å². The predicted octanol–water partition coefficient (Wildman–Crippen LogP) is 2.68. The summed E-state index contributed by atoms with van der Waals surface area (Å²) >= 11 is 0. The minimum absolute atomic E-state index is 0.101. The Hall–Kier alpha value is -1.48. The third-order valence-corrected chi connectivity index (χ3v) is 7.77. The van der Waals surface area contributed by atoms with E-state index in [9.17, 15) is 13.2 Å². The quantitative estimate of drug-likeness (QED) is 0.688. The Bertz CT molecular complexity index is 863. The first kappa shape index (κ1) is 24.2. The maximum atomic E-state index is 13.2. The van der Waals surface area contributed by atoms with Gasteiger partial charge in [0.05, 0.1) is 17.1 Å². The number of amides is 1. The molecule has 2 saturated heterocycles. The summed E-state index contributed by atoms with van der Waals surface area (Å²) in [5.41, 5.74) is 0.730. The summed E-state index contributed by atoms with van der Waals surface area (Å²) in [6, 6.07) is 6.46. The smallest absolute Gasteiger partial charge is 0.253 e. The molecule has 0 radical (unpaired) electrons. The molecule has 0 N–H and O–H groups in total. The van der Waals surface area contributed by atoms with Crippen molar-refractivity contribution in [3.63, 3.8) is 0 Å². The van der Waals surface area contributed by atoms with Crippen LogP contribution in [0.1, 0.15) is 51.4 Å². The number of piperazine rings is 1. The zero-order valence-electron chi connectivity index (χ0n) is 19.5. The van der Waals surface area contributed by atoms with E-state index in [0.717, 1.165) is 26.1 Å². The maximum Gasteiger partial charge on any atom is 0.253 e. The van der Waals surface area contributed by atoms with Gasteiger partial charge in [0.2, 0.25) is 10.0 Å². The molecule has 0 aliphatic carbocycles. The van der Waals surface area contributed by atoms with Crippen LogP contribution in [0.3, 0.4) is 0 Å². The lowest BCUT2D eigenvalue weighted by atomic mass is 9.92. The third kappa shape index (κ3) is 6.28. The predicted molar refractivity (Wildman–Crippen MR) is 122 cm³/mol. The van der Waals surface area contributed by atoms with Crippen LogP contribution in [0.15, 0.2) is 29.2 Å². The number of morpholine rings is 1. The molecule has 2 aliphatic rings. The molecule has 0 spiro atoms. The van der Waals surface area contributed by atoms with Crippen LogP contribution in [0.4, 0.5) is 0 Å². The highest BCUT2D eigenvalue weighted by Crippen LogP contribution is 2.23. The van der Waals surface area contributed by atoms with Gasteiger partial charge < -0.3 is 9.64 Å². The number of hydrogen-bond acceptors (Lipinski definition) is 5. The van der Waals surface area contributed by atoms with Gasteiger partial charge in [-0.05, 0) is 50.4 Å². The van der Waals surface area contributed by atoms with E-state index in [4.69, 9.17) is 4.74 Å². The minimum atomic E-state index is -3.67. The Kier molecular flexibility index (Phi) is 7.46. The lowest BCUT2D eigenvalue weighted by Crippen LogP contribution is -2.49. The minimum Gasteiger partial charge on any atom is -0.373 e. The van der Waals surface area contributed by atoms with Gasteiger partial charge in [-0.1, -0.05) is 26.8 Å². The van der Waals surface area contributed by atoms with E-state index >= 15 is 0 Å². The zero-order chi connectivity index (χ0) is 22.8. The molecule has 0 aromatic heterocycles. The molecule has 7 nitrogen and oxygen atoms in total.